The molecule has 0 aromatic heterocycles. The minimum absolute atomic E-state index is 0.203. The highest BCUT2D eigenvalue weighted by Crippen LogP contribution is 2.50. The summed E-state index contributed by atoms with van der Waals surface area (Å²) in [6.07, 6.45) is 5.36. The van der Waals surface area contributed by atoms with Crippen molar-refractivity contribution in [2.45, 2.75) is 30.8 Å². The van der Waals surface area contributed by atoms with Crippen LogP contribution in [0.5, 0.6) is 0 Å². The van der Waals surface area contributed by atoms with Crippen LogP contribution in [0.1, 0.15) is 24.5 Å². The second-order valence-corrected chi connectivity index (χ2v) is 5.05. The molecule has 1 N–H and O–H groups in total. The van der Waals surface area contributed by atoms with Gasteiger partial charge in [-0.3, -0.25) is 0 Å². The third-order valence-corrected chi connectivity index (χ3v) is 4.10. The SMILES string of the molecule is O[C@H]1C=C[C@]23CCCN2c2ccccc2[C@H]1O3. The second-order valence-electron chi connectivity index (χ2n) is 5.05. The van der Waals surface area contributed by atoms with Gasteiger partial charge in [0, 0.05) is 24.2 Å². The lowest BCUT2D eigenvalue weighted by Crippen LogP contribution is -2.53. The molecule has 3 heterocycles. The molecule has 1 aromatic carbocycles. The van der Waals surface area contributed by atoms with Gasteiger partial charge in [-0.2, -0.15) is 0 Å². The number of hydrogen-bond acceptors (Lipinski definition) is 3. The number of rotatable bonds is 0. The van der Waals surface area contributed by atoms with Crippen molar-refractivity contribution < 1.29 is 9.84 Å². The Morgan fingerprint density at radius 1 is 1.35 bits per heavy atom. The van der Waals surface area contributed by atoms with Gasteiger partial charge < -0.3 is 14.7 Å². The number of aliphatic hydroxyl groups is 1. The zero-order valence-electron chi connectivity index (χ0n) is 9.54. The highest BCUT2D eigenvalue weighted by Gasteiger charge is 2.50. The van der Waals surface area contributed by atoms with Crippen LogP contribution in [-0.2, 0) is 4.74 Å². The van der Waals surface area contributed by atoms with Crippen molar-refractivity contribution in [1.82, 2.24) is 0 Å². The molecule has 0 aliphatic carbocycles. The summed E-state index contributed by atoms with van der Waals surface area (Å²) in [5, 5.41) is 10.1. The summed E-state index contributed by atoms with van der Waals surface area (Å²) in [5.41, 5.74) is 2.05. The van der Waals surface area contributed by atoms with E-state index in [4.69, 9.17) is 4.74 Å². The maximum atomic E-state index is 10.1. The molecule has 0 radical (unpaired) electrons. The van der Waals surface area contributed by atoms with Gasteiger partial charge >= 0.3 is 0 Å². The summed E-state index contributed by atoms with van der Waals surface area (Å²) in [6, 6.07) is 8.26. The summed E-state index contributed by atoms with van der Waals surface area (Å²) in [4.78, 5) is 2.33. The quantitative estimate of drug-likeness (QED) is 0.690. The van der Waals surface area contributed by atoms with Crippen LogP contribution < -0.4 is 4.90 Å². The molecule has 17 heavy (non-hydrogen) atoms. The average molecular weight is 229 g/mol. The topological polar surface area (TPSA) is 32.7 Å². The molecule has 88 valence electrons. The van der Waals surface area contributed by atoms with E-state index in [0.29, 0.717) is 0 Å². The first kappa shape index (κ1) is 9.68. The Balaban J connectivity index is 1.96. The van der Waals surface area contributed by atoms with Gasteiger partial charge in [-0.05, 0) is 18.6 Å². The molecule has 0 amide bonds. The number of hydrogen-bond donors (Lipinski definition) is 1. The monoisotopic (exact) mass is 229 g/mol. The zero-order valence-corrected chi connectivity index (χ0v) is 9.54. The van der Waals surface area contributed by atoms with Crippen molar-refractivity contribution >= 4 is 5.69 Å². The van der Waals surface area contributed by atoms with Crippen LogP contribution in [0.25, 0.3) is 0 Å². The summed E-state index contributed by atoms with van der Waals surface area (Å²) in [6.45, 7) is 1.03. The molecular weight excluding hydrogens is 214 g/mol. The fourth-order valence-electron chi connectivity index (χ4n) is 3.33. The van der Waals surface area contributed by atoms with E-state index < -0.39 is 6.10 Å². The van der Waals surface area contributed by atoms with E-state index in [1.165, 1.54) is 5.69 Å². The van der Waals surface area contributed by atoms with E-state index in [1.807, 2.05) is 18.2 Å². The van der Waals surface area contributed by atoms with Gasteiger partial charge in [0.05, 0.1) is 0 Å². The predicted octanol–water partition coefficient (Wildman–Crippen LogP) is 1.99. The van der Waals surface area contributed by atoms with Crippen LogP contribution >= 0.6 is 0 Å². The fourth-order valence-corrected chi connectivity index (χ4v) is 3.33. The average Bonchev–Trinajstić information content (AvgIpc) is 2.78. The Bertz CT molecular complexity index is 499. The smallest absolute Gasteiger partial charge is 0.161 e. The minimum atomic E-state index is -0.524. The van der Waals surface area contributed by atoms with Crippen molar-refractivity contribution in [2.24, 2.45) is 0 Å². The van der Waals surface area contributed by atoms with Crippen molar-refractivity contribution in [3.8, 4) is 0 Å². The van der Waals surface area contributed by atoms with Crippen molar-refractivity contribution in [2.75, 3.05) is 11.4 Å². The molecule has 3 aliphatic heterocycles. The van der Waals surface area contributed by atoms with Crippen LogP contribution in [0.2, 0.25) is 0 Å². The molecular formula is C14H15NO2. The van der Waals surface area contributed by atoms with E-state index in [1.54, 1.807) is 0 Å². The summed E-state index contributed by atoms with van der Waals surface area (Å²) in [7, 11) is 0. The molecule has 3 nitrogen and oxygen atoms in total. The number of nitrogens with zero attached hydrogens (tertiary/aromatic N) is 1. The van der Waals surface area contributed by atoms with Gasteiger partial charge in [-0.25, -0.2) is 0 Å². The lowest BCUT2D eigenvalue weighted by molar-refractivity contribution is -0.118. The molecule has 0 unspecified atom stereocenters. The summed E-state index contributed by atoms with van der Waals surface area (Å²) < 4.78 is 6.16. The van der Waals surface area contributed by atoms with E-state index in [0.717, 1.165) is 24.9 Å². The maximum Gasteiger partial charge on any atom is 0.161 e. The van der Waals surface area contributed by atoms with Gasteiger partial charge in [0.25, 0.3) is 0 Å². The number of benzene rings is 1. The Labute approximate surface area is 100 Å². The highest BCUT2D eigenvalue weighted by molar-refractivity contribution is 5.61. The zero-order chi connectivity index (χ0) is 11.5. The molecule has 3 heteroatoms. The van der Waals surface area contributed by atoms with Crippen molar-refractivity contribution in [3.63, 3.8) is 0 Å². The van der Waals surface area contributed by atoms with Crippen LogP contribution in [-0.4, -0.2) is 23.5 Å². The first-order chi connectivity index (χ1) is 8.30. The van der Waals surface area contributed by atoms with Crippen LogP contribution in [0.4, 0.5) is 5.69 Å². The van der Waals surface area contributed by atoms with Crippen LogP contribution in [0.3, 0.4) is 0 Å². The largest absolute Gasteiger partial charge is 0.386 e. The minimum Gasteiger partial charge on any atom is -0.386 e. The van der Waals surface area contributed by atoms with E-state index in [2.05, 4.69) is 23.1 Å². The Hall–Kier alpha value is -1.32. The number of aliphatic hydroxyl groups excluding tert-OH is 1. The molecule has 3 atom stereocenters. The van der Waals surface area contributed by atoms with Gasteiger partial charge in [0.1, 0.15) is 12.2 Å². The molecule has 2 bridgehead atoms. The second kappa shape index (κ2) is 3.12. The number of para-hydroxylation sites is 1. The Morgan fingerprint density at radius 2 is 2.24 bits per heavy atom. The number of ether oxygens (including phenoxy) is 1. The van der Waals surface area contributed by atoms with Crippen LogP contribution in [0.15, 0.2) is 36.4 Å². The molecule has 4 rings (SSSR count). The van der Waals surface area contributed by atoms with E-state index >= 15 is 0 Å². The molecule has 1 saturated heterocycles. The van der Waals surface area contributed by atoms with Gasteiger partial charge in [-0.1, -0.05) is 24.3 Å². The fraction of sp³-hybridized carbons (Fsp3) is 0.429. The van der Waals surface area contributed by atoms with Crippen molar-refractivity contribution in [1.29, 1.82) is 0 Å². The summed E-state index contributed by atoms with van der Waals surface area (Å²) >= 11 is 0. The Kier molecular flexibility index (Phi) is 1.78. The molecule has 1 aromatic rings. The normalized spacial score (nSPS) is 37.8. The lowest BCUT2D eigenvalue weighted by atomic mass is 9.92. The van der Waals surface area contributed by atoms with E-state index in [-0.39, 0.29) is 11.8 Å². The third-order valence-electron chi connectivity index (χ3n) is 4.10. The van der Waals surface area contributed by atoms with Gasteiger partial charge in [0.15, 0.2) is 5.72 Å². The molecule has 1 spiro atoms. The molecule has 3 aliphatic rings. The first-order valence-electron chi connectivity index (χ1n) is 6.22. The van der Waals surface area contributed by atoms with Crippen molar-refractivity contribution in [3.05, 3.63) is 42.0 Å². The summed E-state index contributed by atoms with van der Waals surface area (Å²) in [5.74, 6) is 0. The van der Waals surface area contributed by atoms with Crippen LogP contribution in [0, 0.1) is 0 Å². The lowest BCUT2D eigenvalue weighted by Gasteiger charge is -2.49. The molecule has 0 saturated carbocycles. The van der Waals surface area contributed by atoms with Gasteiger partial charge in [0.2, 0.25) is 0 Å². The third kappa shape index (κ3) is 1.13. The highest BCUT2D eigenvalue weighted by atomic mass is 16.5. The number of fused-ring (bicyclic) bond motifs is 4. The number of anilines is 1. The van der Waals surface area contributed by atoms with E-state index in [9.17, 15) is 5.11 Å². The molecule has 1 fully saturated rings. The first-order valence-corrected chi connectivity index (χ1v) is 6.22. The Morgan fingerprint density at radius 3 is 3.18 bits per heavy atom. The maximum absolute atomic E-state index is 10.1. The standard InChI is InChI=1S/C14H15NO2/c16-12-6-8-14-7-3-9-15(14)11-5-2-1-4-10(11)13(12)17-14/h1-2,4-6,8,12-13,16H,3,7,9H2/t12-,13+,14+/m0/s1. The predicted molar refractivity (Wildman–Crippen MR) is 64.7 cm³/mol. The van der Waals surface area contributed by atoms with Gasteiger partial charge in [-0.15, -0.1) is 0 Å².